The average molecular weight is 523 g/mol. The van der Waals surface area contributed by atoms with E-state index in [0.29, 0.717) is 24.0 Å². The minimum absolute atomic E-state index is 0.0695. The molecule has 2 heterocycles. The van der Waals surface area contributed by atoms with Crippen LogP contribution in [-0.4, -0.2) is 59.3 Å². The van der Waals surface area contributed by atoms with Crippen molar-refractivity contribution in [3.05, 3.63) is 84.7 Å². The Morgan fingerprint density at radius 2 is 1.78 bits per heavy atom. The number of pyridine rings is 1. The molecule has 4 aromatic rings. The third kappa shape index (κ3) is 6.48. The van der Waals surface area contributed by atoms with E-state index < -0.39 is 34.5 Å². The normalized spacial score (nSPS) is 12.2. The first kappa shape index (κ1) is 25.8. The minimum Gasteiger partial charge on any atom is -0.480 e. The number of carbonyl (C=O) groups is 2. The van der Waals surface area contributed by atoms with E-state index in [0.717, 1.165) is 17.8 Å². The number of carboxylic acids is 1. The Kier molecular flexibility index (Phi) is 8.11. The number of benzene rings is 2. The zero-order chi connectivity index (χ0) is 26.3. The molecule has 12 heteroatoms. The van der Waals surface area contributed by atoms with Gasteiger partial charge in [0.25, 0.3) is 5.91 Å². The summed E-state index contributed by atoms with van der Waals surface area (Å²) in [6, 6.07) is 16.7. The number of fused-ring (bicyclic) bond motifs is 1. The first-order valence-electron chi connectivity index (χ1n) is 11.5. The van der Waals surface area contributed by atoms with E-state index in [9.17, 15) is 23.1 Å². The highest BCUT2D eigenvalue weighted by Gasteiger charge is 2.26. The number of hydrogen-bond acceptors (Lipinski definition) is 7. The molecule has 0 aliphatic heterocycles. The van der Waals surface area contributed by atoms with Crippen LogP contribution in [0.3, 0.4) is 0 Å². The summed E-state index contributed by atoms with van der Waals surface area (Å²) in [6.07, 6.45) is 4.07. The van der Waals surface area contributed by atoms with E-state index in [4.69, 9.17) is 0 Å². The second kappa shape index (κ2) is 11.6. The second-order valence-electron chi connectivity index (χ2n) is 8.14. The highest BCUT2D eigenvalue weighted by atomic mass is 32.2. The largest absolute Gasteiger partial charge is 0.480 e. The van der Waals surface area contributed by atoms with E-state index in [2.05, 4.69) is 25.4 Å². The predicted octanol–water partition coefficient (Wildman–Crippen LogP) is 2.09. The van der Waals surface area contributed by atoms with Crippen molar-refractivity contribution < 1.29 is 23.1 Å². The summed E-state index contributed by atoms with van der Waals surface area (Å²) >= 11 is 0. The van der Waals surface area contributed by atoms with Gasteiger partial charge in [-0.3, -0.25) is 14.3 Å². The van der Waals surface area contributed by atoms with Gasteiger partial charge in [-0.25, -0.2) is 13.4 Å². The summed E-state index contributed by atoms with van der Waals surface area (Å²) in [5.74, 6) is -1.16. The van der Waals surface area contributed by atoms with Crippen LogP contribution in [0, 0.1) is 0 Å². The first-order chi connectivity index (χ1) is 17.8. The van der Waals surface area contributed by atoms with Crippen LogP contribution in [0.25, 0.3) is 10.9 Å². The number of carbonyl (C=O) groups excluding carboxylic acids is 1. The van der Waals surface area contributed by atoms with Crippen molar-refractivity contribution in [1.82, 2.24) is 24.8 Å². The van der Waals surface area contributed by atoms with E-state index in [1.54, 1.807) is 35.3 Å². The van der Waals surface area contributed by atoms with Gasteiger partial charge in [0.05, 0.1) is 22.2 Å². The van der Waals surface area contributed by atoms with Crippen LogP contribution >= 0.6 is 0 Å². The van der Waals surface area contributed by atoms with Crippen LogP contribution in [-0.2, 0) is 21.4 Å². The van der Waals surface area contributed by atoms with Crippen molar-refractivity contribution in [2.75, 3.05) is 18.4 Å². The van der Waals surface area contributed by atoms with Gasteiger partial charge >= 0.3 is 5.97 Å². The molecule has 1 unspecified atom stereocenters. The number of nitrogens with one attached hydrogen (secondary N) is 3. The number of aryl methyl sites for hydroxylation is 1. The second-order valence-corrected chi connectivity index (χ2v) is 9.85. The Morgan fingerprint density at radius 1 is 1.00 bits per heavy atom. The van der Waals surface area contributed by atoms with Crippen molar-refractivity contribution in [3.8, 4) is 0 Å². The molecule has 0 radical (unpaired) electrons. The van der Waals surface area contributed by atoms with Gasteiger partial charge in [0.15, 0.2) is 0 Å². The van der Waals surface area contributed by atoms with Crippen molar-refractivity contribution in [1.29, 1.82) is 0 Å². The van der Waals surface area contributed by atoms with Gasteiger partial charge in [-0.1, -0.05) is 30.3 Å². The predicted molar refractivity (Wildman–Crippen MR) is 138 cm³/mol. The fourth-order valence-corrected chi connectivity index (χ4v) is 4.93. The fraction of sp³-hybridized carbons (Fsp3) is 0.200. The van der Waals surface area contributed by atoms with E-state index in [1.807, 2.05) is 24.3 Å². The van der Waals surface area contributed by atoms with Crippen LogP contribution in [0.2, 0.25) is 0 Å². The molecule has 0 spiro atoms. The molecule has 4 rings (SSSR count). The summed E-state index contributed by atoms with van der Waals surface area (Å²) in [5, 5.41) is 20.3. The molecular weight excluding hydrogens is 496 g/mol. The maximum Gasteiger partial charge on any atom is 0.323 e. The number of rotatable bonds is 12. The smallest absolute Gasteiger partial charge is 0.323 e. The highest BCUT2D eigenvalue weighted by molar-refractivity contribution is 7.89. The molecule has 1 atom stereocenters. The summed E-state index contributed by atoms with van der Waals surface area (Å²) in [7, 11) is -4.08. The number of carboxylic acid groups (broad SMARTS) is 1. The third-order valence-corrected chi connectivity index (χ3v) is 7.05. The quantitative estimate of drug-likeness (QED) is 0.206. The van der Waals surface area contributed by atoms with Gasteiger partial charge in [-0.05, 0) is 42.8 Å². The summed E-state index contributed by atoms with van der Waals surface area (Å²) in [4.78, 5) is 28.7. The number of amides is 1. The number of nitrogens with zero attached hydrogens (tertiary/aromatic N) is 3. The SMILES string of the molecule is O=C(NCC(NS(=O)(=O)c1ccccc1)C(=O)O)c1cccc2c1cnn2CCCNc1ccccn1. The lowest BCUT2D eigenvalue weighted by Crippen LogP contribution is -2.48. The molecule has 0 aliphatic rings. The average Bonchev–Trinajstić information content (AvgIpc) is 3.33. The molecule has 0 saturated heterocycles. The monoisotopic (exact) mass is 522 g/mol. The molecule has 192 valence electrons. The third-order valence-electron chi connectivity index (χ3n) is 5.57. The topological polar surface area (TPSA) is 155 Å². The summed E-state index contributed by atoms with van der Waals surface area (Å²) < 4.78 is 29.0. The van der Waals surface area contributed by atoms with Gasteiger partial charge in [-0.15, -0.1) is 0 Å². The summed E-state index contributed by atoms with van der Waals surface area (Å²) in [6.45, 7) is 0.856. The number of anilines is 1. The number of hydrogen-bond donors (Lipinski definition) is 4. The molecule has 0 bridgehead atoms. The van der Waals surface area contributed by atoms with E-state index in [1.165, 1.54) is 24.3 Å². The zero-order valence-corrected chi connectivity index (χ0v) is 20.6. The number of aliphatic carboxylic acids is 1. The lowest BCUT2D eigenvalue weighted by atomic mass is 10.1. The molecule has 0 aliphatic carbocycles. The van der Waals surface area contributed by atoms with Crippen molar-refractivity contribution in [2.24, 2.45) is 0 Å². The molecule has 4 N–H and O–H groups in total. The number of sulfonamides is 1. The van der Waals surface area contributed by atoms with Gasteiger partial charge in [0.2, 0.25) is 10.0 Å². The fourth-order valence-electron chi connectivity index (χ4n) is 3.72. The molecule has 11 nitrogen and oxygen atoms in total. The van der Waals surface area contributed by atoms with Gasteiger partial charge in [-0.2, -0.15) is 9.82 Å². The zero-order valence-electron chi connectivity index (χ0n) is 19.7. The molecule has 1 amide bonds. The van der Waals surface area contributed by atoms with Crippen LogP contribution in [0.5, 0.6) is 0 Å². The molecule has 0 saturated carbocycles. The van der Waals surface area contributed by atoms with Crippen molar-refractivity contribution in [3.63, 3.8) is 0 Å². The van der Waals surface area contributed by atoms with Crippen LogP contribution in [0.4, 0.5) is 5.82 Å². The minimum atomic E-state index is -4.08. The molecule has 2 aromatic carbocycles. The van der Waals surface area contributed by atoms with Crippen LogP contribution in [0.1, 0.15) is 16.8 Å². The lowest BCUT2D eigenvalue weighted by molar-refractivity contribution is -0.138. The van der Waals surface area contributed by atoms with E-state index in [-0.39, 0.29) is 4.90 Å². The van der Waals surface area contributed by atoms with Gasteiger partial charge in [0, 0.05) is 31.2 Å². The van der Waals surface area contributed by atoms with Crippen molar-refractivity contribution >= 4 is 38.6 Å². The first-order valence-corrected chi connectivity index (χ1v) is 13.0. The highest BCUT2D eigenvalue weighted by Crippen LogP contribution is 2.19. The van der Waals surface area contributed by atoms with Crippen LogP contribution < -0.4 is 15.4 Å². The Morgan fingerprint density at radius 3 is 2.51 bits per heavy atom. The van der Waals surface area contributed by atoms with Crippen LogP contribution in [0.15, 0.2) is 84.0 Å². The molecule has 0 fully saturated rings. The Labute approximate surface area is 213 Å². The number of aromatic nitrogens is 3. The summed E-state index contributed by atoms with van der Waals surface area (Å²) in [5.41, 5.74) is 1.07. The molecule has 2 aromatic heterocycles. The Balaban J connectivity index is 1.39. The standard InChI is InChI=1S/C25H26N6O5S/c32-24(28-17-21(25(33)34)30-37(35,36)18-8-2-1-3-9-18)19-10-6-11-22-20(19)16-29-31(22)15-7-14-27-23-12-4-5-13-26-23/h1-6,8-13,16,21,30H,7,14-15,17H2,(H,26,27)(H,28,32)(H,33,34). The maximum absolute atomic E-state index is 12.9. The van der Waals surface area contributed by atoms with Crippen molar-refractivity contribution in [2.45, 2.75) is 23.9 Å². The lowest BCUT2D eigenvalue weighted by Gasteiger charge is -2.16. The molecule has 37 heavy (non-hydrogen) atoms. The molecular formula is C25H26N6O5S. The van der Waals surface area contributed by atoms with E-state index >= 15 is 0 Å². The maximum atomic E-state index is 12.9. The Hall–Kier alpha value is -4.29. The Bertz CT molecular complexity index is 1480. The van der Waals surface area contributed by atoms with Gasteiger partial charge < -0.3 is 15.7 Å². The van der Waals surface area contributed by atoms with Gasteiger partial charge in [0.1, 0.15) is 11.9 Å².